The summed E-state index contributed by atoms with van der Waals surface area (Å²) in [6.07, 6.45) is 3.61. The molecule has 0 spiro atoms. The van der Waals surface area contributed by atoms with Gasteiger partial charge in [0.2, 0.25) is 0 Å². The maximum absolute atomic E-state index is 5.72. The largest absolute Gasteiger partial charge is 0.328 e. The lowest BCUT2D eigenvalue weighted by Crippen LogP contribution is -2.20. The molecule has 0 aromatic carbocycles. The molecular weight excluding hydrogens is 284 g/mol. The van der Waals surface area contributed by atoms with Gasteiger partial charge in [0.1, 0.15) is 0 Å². The Morgan fingerprint density at radius 1 is 1.50 bits per heavy atom. The number of unbranched alkanes of at least 4 members (excludes halogenated alkanes) is 1. The van der Waals surface area contributed by atoms with Gasteiger partial charge in [0.15, 0.2) is 0 Å². The summed E-state index contributed by atoms with van der Waals surface area (Å²) >= 11 is 5.24. The first-order valence-electron chi connectivity index (χ1n) is 5.75. The molecule has 0 aliphatic carbocycles. The molecule has 1 aromatic rings. The van der Waals surface area contributed by atoms with Crippen molar-refractivity contribution >= 4 is 27.3 Å². The number of thiophene rings is 1. The summed E-state index contributed by atoms with van der Waals surface area (Å²) in [4.78, 5) is 2.37. The number of nitrogens with zero attached hydrogens (tertiary/aromatic N) is 1. The highest BCUT2D eigenvalue weighted by Gasteiger charge is 2.02. The van der Waals surface area contributed by atoms with Crippen molar-refractivity contribution in [3.63, 3.8) is 0 Å². The monoisotopic (exact) mass is 304 g/mol. The molecule has 1 rings (SSSR count). The normalized spacial score (nSPS) is 13.3. The summed E-state index contributed by atoms with van der Waals surface area (Å²) in [7, 11) is 2.18. The van der Waals surface area contributed by atoms with E-state index >= 15 is 0 Å². The lowest BCUT2D eigenvalue weighted by Gasteiger charge is -2.15. The quantitative estimate of drug-likeness (QED) is 0.782. The second kappa shape index (κ2) is 7.43. The topological polar surface area (TPSA) is 29.3 Å². The first-order chi connectivity index (χ1) is 7.58. The Bertz CT molecular complexity index is 299. The van der Waals surface area contributed by atoms with Crippen LogP contribution in [-0.2, 0) is 6.54 Å². The molecule has 0 aliphatic rings. The molecule has 16 heavy (non-hydrogen) atoms. The van der Waals surface area contributed by atoms with Gasteiger partial charge in [-0.3, -0.25) is 0 Å². The van der Waals surface area contributed by atoms with Crippen molar-refractivity contribution in [2.75, 3.05) is 13.6 Å². The Morgan fingerprint density at radius 2 is 2.25 bits per heavy atom. The first-order valence-corrected chi connectivity index (χ1v) is 7.42. The highest BCUT2D eigenvalue weighted by atomic mass is 79.9. The molecule has 1 aromatic heterocycles. The minimum absolute atomic E-state index is 0.345. The molecule has 1 unspecified atom stereocenters. The number of hydrogen-bond acceptors (Lipinski definition) is 3. The fraction of sp³-hybridized carbons (Fsp3) is 0.667. The molecule has 0 amide bonds. The number of halogens is 1. The van der Waals surface area contributed by atoms with Crippen LogP contribution in [0.2, 0.25) is 0 Å². The Morgan fingerprint density at radius 3 is 2.81 bits per heavy atom. The van der Waals surface area contributed by atoms with E-state index in [1.165, 1.54) is 22.2 Å². The molecule has 0 fully saturated rings. The third-order valence-electron chi connectivity index (χ3n) is 2.52. The molecule has 1 atom stereocenters. The van der Waals surface area contributed by atoms with E-state index in [-0.39, 0.29) is 0 Å². The van der Waals surface area contributed by atoms with Gasteiger partial charge >= 0.3 is 0 Å². The van der Waals surface area contributed by atoms with Crippen molar-refractivity contribution in [3.8, 4) is 0 Å². The van der Waals surface area contributed by atoms with E-state index in [2.05, 4.69) is 46.2 Å². The molecule has 2 N–H and O–H groups in total. The lowest BCUT2D eigenvalue weighted by atomic mass is 10.1. The second-order valence-electron chi connectivity index (χ2n) is 4.47. The van der Waals surface area contributed by atoms with Crippen LogP contribution in [0.5, 0.6) is 0 Å². The van der Waals surface area contributed by atoms with E-state index in [0.29, 0.717) is 6.04 Å². The summed E-state index contributed by atoms with van der Waals surface area (Å²) in [5, 5.41) is 2.21. The summed E-state index contributed by atoms with van der Waals surface area (Å²) in [6, 6.07) is 2.54. The minimum atomic E-state index is 0.345. The van der Waals surface area contributed by atoms with Crippen LogP contribution in [0.15, 0.2) is 15.2 Å². The Balaban J connectivity index is 2.13. The van der Waals surface area contributed by atoms with Gasteiger partial charge < -0.3 is 10.6 Å². The Kier molecular flexibility index (Phi) is 6.58. The van der Waals surface area contributed by atoms with Crippen molar-refractivity contribution in [1.29, 1.82) is 0 Å². The van der Waals surface area contributed by atoms with Crippen LogP contribution in [0.1, 0.15) is 31.7 Å². The highest BCUT2D eigenvalue weighted by molar-refractivity contribution is 9.11. The molecule has 0 aliphatic heterocycles. The molecule has 1 heterocycles. The summed E-state index contributed by atoms with van der Waals surface area (Å²) in [5.41, 5.74) is 7.11. The van der Waals surface area contributed by atoms with E-state index in [1.807, 2.05) is 0 Å². The van der Waals surface area contributed by atoms with Gasteiger partial charge in [-0.15, -0.1) is 11.3 Å². The zero-order valence-electron chi connectivity index (χ0n) is 10.1. The maximum atomic E-state index is 5.72. The van der Waals surface area contributed by atoms with Gasteiger partial charge in [-0.1, -0.05) is 6.42 Å². The summed E-state index contributed by atoms with van der Waals surface area (Å²) < 4.78 is 1.22. The zero-order chi connectivity index (χ0) is 12.0. The van der Waals surface area contributed by atoms with Crippen LogP contribution < -0.4 is 5.73 Å². The van der Waals surface area contributed by atoms with Crippen LogP contribution >= 0.6 is 27.3 Å². The zero-order valence-corrected chi connectivity index (χ0v) is 12.5. The second-order valence-corrected chi connectivity index (χ2v) is 6.76. The molecule has 92 valence electrons. The molecule has 0 bridgehead atoms. The van der Waals surface area contributed by atoms with E-state index in [4.69, 9.17) is 5.73 Å². The van der Waals surface area contributed by atoms with Crippen molar-refractivity contribution in [1.82, 2.24) is 4.90 Å². The Labute approximate surface area is 111 Å². The van der Waals surface area contributed by atoms with Gasteiger partial charge in [0.25, 0.3) is 0 Å². The molecule has 4 heteroatoms. The lowest BCUT2D eigenvalue weighted by molar-refractivity contribution is 0.316. The van der Waals surface area contributed by atoms with Crippen LogP contribution in [-0.4, -0.2) is 24.5 Å². The maximum Gasteiger partial charge on any atom is 0.0701 e. The van der Waals surface area contributed by atoms with Crippen molar-refractivity contribution in [3.05, 3.63) is 20.8 Å². The standard InChI is InChI=1S/C12H21BrN2S/c1-10(14)5-3-4-6-15(2)8-11-7-12(13)16-9-11/h7,9-10H,3-6,8,14H2,1-2H3. The SMILES string of the molecule is CC(N)CCCCN(C)Cc1csc(Br)c1. The van der Waals surface area contributed by atoms with Gasteiger partial charge in [0, 0.05) is 12.6 Å². The van der Waals surface area contributed by atoms with Crippen LogP contribution in [0.25, 0.3) is 0 Å². The summed E-state index contributed by atoms with van der Waals surface area (Å²) in [5.74, 6) is 0. The molecule has 0 saturated carbocycles. The smallest absolute Gasteiger partial charge is 0.0701 e. The fourth-order valence-electron chi connectivity index (χ4n) is 1.67. The fourth-order valence-corrected chi connectivity index (χ4v) is 2.87. The van der Waals surface area contributed by atoms with Crippen LogP contribution in [0, 0.1) is 0 Å². The number of rotatable bonds is 7. The molecule has 0 radical (unpaired) electrons. The highest BCUT2D eigenvalue weighted by Crippen LogP contribution is 2.21. The van der Waals surface area contributed by atoms with Crippen molar-refractivity contribution in [2.24, 2.45) is 5.73 Å². The summed E-state index contributed by atoms with van der Waals surface area (Å²) in [6.45, 7) is 4.27. The van der Waals surface area contributed by atoms with Crippen molar-refractivity contribution < 1.29 is 0 Å². The average molecular weight is 305 g/mol. The van der Waals surface area contributed by atoms with E-state index in [9.17, 15) is 0 Å². The Hall–Kier alpha value is 0.100. The van der Waals surface area contributed by atoms with Gasteiger partial charge in [-0.25, -0.2) is 0 Å². The van der Waals surface area contributed by atoms with E-state index < -0.39 is 0 Å². The van der Waals surface area contributed by atoms with Crippen LogP contribution in [0.4, 0.5) is 0 Å². The molecular formula is C12H21BrN2S. The predicted octanol–water partition coefficient (Wildman–Crippen LogP) is 3.46. The minimum Gasteiger partial charge on any atom is -0.328 e. The van der Waals surface area contributed by atoms with Gasteiger partial charge in [-0.05, 0) is 66.3 Å². The van der Waals surface area contributed by atoms with E-state index in [0.717, 1.165) is 19.5 Å². The third-order valence-corrected chi connectivity index (χ3v) is 4.08. The van der Waals surface area contributed by atoms with Crippen molar-refractivity contribution in [2.45, 2.75) is 38.8 Å². The molecule has 2 nitrogen and oxygen atoms in total. The number of hydrogen-bond donors (Lipinski definition) is 1. The van der Waals surface area contributed by atoms with E-state index in [1.54, 1.807) is 11.3 Å². The van der Waals surface area contributed by atoms with Gasteiger partial charge in [0.05, 0.1) is 3.79 Å². The predicted molar refractivity (Wildman–Crippen MR) is 75.9 cm³/mol. The third kappa shape index (κ3) is 5.99. The van der Waals surface area contributed by atoms with Crippen LogP contribution in [0.3, 0.4) is 0 Å². The first kappa shape index (κ1) is 14.2. The molecule has 0 saturated heterocycles. The average Bonchev–Trinajstić information content (AvgIpc) is 2.58. The number of nitrogens with two attached hydrogens (primary N) is 1. The van der Waals surface area contributed by atoms with Gasteiger partial charge in [-0.2, -0.15) is 0 Å².